The molecule has 1 amide bonds. The van der Waals surface area contributed by atoms with E-state index in [0.717, 1.165) is 18.8 Å². The molecule has 2 bridgehead atoms. The van der Waals surface area contributed by atoms with Crippen LogP contribution in [0.15, 0.2) is 0 Å². The van der Waals surface area contributed by atoms with E-state index >= 15 is 0 Å². The monoisotopic (exact) mass is 322 g/mol. The van der Waals surface area contributed by atoms with Crippen molar-refractivity contribution in [2.45, 2.75) is 71.5 Å². The molecular formula is C17H31BN2O3. The predicted octanol–water partition coefficient (Wildman–Crippen LogP) is 1.74. The molecule has 3 saturated carbocycles. The average molecular weight is 322 g/mol. The maximum absolute atomic E-state index is 11.8. The largest absolute Gasteiger partial charge is 0.481 e. The molecule has 4 aliphatic rings. The molecule has 1 heterocycles. The summed E-state index contributed by atoms with van der Waals surface area (Å²) >= 11 is 0. The molecule has 4 fully saturated rings. The quantitative estimate of drug-likeness (QED) is 0.756. The normalized spacial score (nSPS) is 38.9. The third-order valence-corrected chi connectivity index (χ3v) is 6.55. The number of nitrogens with one attached hydrogen (secondary N) is 1. The highest BCUT2D eigenvalue weighted by molar-refractivity contribution is 6.47. The first-order valence-corrected chi connectivity index (χ1v) is 9.01. The topological polar surface area (TPSA) is 73.6 Å². The number of amides is 1. The van der Waals surface area contributed by atoms with Crippen LogP contribution in [0.1, 0.15) is 53.9 Å². The first-order valence-electron chi connectivity index (χ1n) is 9.01. The molecule has 1 saturated heterocycles. The fraction of sp³-hybridized carbons (Fsp3) is 0.941. The van der Waals surface area contributed by atoms with Crippen LogP contribution in [0.2, 0.25) is 0 Å². The van der Waals surface area contributed by atoms with Gasteiger partial charge in [0.25, 0.3) is 0 Å². The van der Waals surface area contributed by atoms with Crippen molar-refractivity contribution in [1.29, 1.82) is 0 Å². The molecule has 0 aromatic carbocycles. The highest BCUT2D eigenvalue weighted by Gasteiger charge is 2.68. The standard InChI is InChI=1S/C17H31BN2O3/c1-10(2)6-14(20-15(21)9-19)18-22-13-8-11-7-12(16(11,3)4)17(13,5)23-18/h10-14H,6-9,19H2,1-5H3,(H,20,21)/t11-,12-,13+,14?,17-/m0/s1. The number of hydrogen-bond acceptors (Lipinski definition) is 4. The third-order valence-electron chi connectivity index (χ3n) is 6.55. The van der Waals surface area contributed by atoms with Crippen molar-refractivity contribution >= 4 is 13.0 Å². The number of hydrogen-bond donors (Lipinski definition) is 2. The van der Waals surface area contributed by atoms with Gasteiger partial charge in [0.15, 0.2) is 0 Å². The number of rotatable bonds is 5. The van der Waals surface area contributed by atoms with Crippen LogP contribution in [0.3, 0.4) is 0 Å². The lowest BCUT2D eigenvalue weighted by Gasteiger charge is -2.64. The van der Waals surface area contributed by atoms with E-state index in [1.165, 1.54) is 6.42 Å². The maximum Gasteiger partial charge on any atom is 0.481 e. The summed E-state index contributed by atoms with van der Waals surface area (Å²) in [6, 6.07) is 0. The van der Waals surface area contributed by atoms with E-state index in [0.29, 0.717) is 17.3 Å². The number of carbonyl (C=O) groups is 1. The van der Waals surface area contributed by atoms with Gasteiger partial charge < -0.3 is 20.4 Å². The highest BCUT2D eigenvalue weighted by Crippen LogP contribution is 2.65. The van der Waals surface area contributed by atoms with Gasteiger partial charge in [-0.3, -0.25) is 4.79 Å². The molecule has 0 spiro atoms. The van der Waals surface area contributed by atoms with Gasteiger partial charge in [0.2, 0.25) is 5.91 Å². The van der Waals surface area contributed by atoms with Crippen molar-refractivity contribution in [2.24, 2.45) is 28.9 Å². The maximum atomic E-state index is 11.8. The lowest BCUT2D eigenvalue weighted by atomic mass is 9.43. The zero-order chi connectivity index (χ0) is 17.0. The molecule has 23 heavy (non-hydrogen) atoms. The fourth-order valence-electron chi connectivity index (χ4n) is 5.08. The van der Waals surface area contributed by atoms with Gasteiger partial charge in [0.1, 0.15) is 0 Å². The van der Waals surface area contributed by atoms with E-state index in [1.807, 2.05) is 0 Å². The number of nitrogens with two attached hydrogens (primary N) is 1. The molecule has 5 nitrogen and oxygen atoms in total. The zero-order valence-corrected chi connectivity index (χ0v) is 15.1. The Morgan fingerprint density at radius 1 is 1.35 bits per heavy atom. The van der Waals surface area contributed by atoms with Crippen molar-refractivity contribution in [3.8, 4) is 0 Å². The van der Waals surface area contributed by atoms with Crippen molar-refractivity contribution in [3.63, 3.8) is 0 Å². The van der Waals surface area contributed by atoms with Crippen LogP contribution in [0.5, 0.6) is 0 Å². The summed E-state index contributed by atoms with van der Waals surface area (Å²) in [7, 11) is -0.363. The lowest BCUT2D eigenvalue weighted by Crippen LogP contribution is -2.65. The Balaban J connectivity index is 1.75. The second kappa shape index (κ2) is 5.75. The average Bonchev–Trinajstić information content (AvgIpc) is 2.82. The molecule has 4 rings (SSSR count). The Kier molecular flexibility index (Phi) is 4.31. The van der Waals surface area contributed by atoms with Crippen LogP contribution in [0.25, 0.3) is 0 Å². The van der Waals surface area contributed by atoms with Crippen molar-refractivity contribution in [2.75, 3.05) is 6.54 Å². The predicted molar refractivity (Wildman–Crippen MR) is 90.6 cm³/mol. The van der Waals surface area contributed by atoms with Gasteiger partial charge >= 0.3 is 7.12 Å². The van der Waals surface area contributed by atoms with Crippen LogP contribution in [0, 0.1) is 23.2 Å². The smallest absolute Gasteiger partial charge is 0.404 e. The van der Waals surface area contributed by atoms with Crippen LogP contribution >= 0.6 is 0 Å². The van der Waals surface area contributed by atoms with E-state index in [2.05, 4.69) is 39.9 Å². The second-order valence-electron chi connectivity index (χ2n) is 8.84. The van der Waals surface area contributed by atoms with Gasteiger partial charge in [-0.15, -0.1) is 0 Å². The van der Waals surface area contributed by atoms with Crippen molar-refractivity contribution in [3.05, 3.63) is 0 Å². The number of carbonyl (C=O) groups excluding carboxylic acids is 1. The first-order chi connectivity index (χ1) is 10.7. The van der Waals surface area contributed by atoms with Crippen LogP contribution in [0.4, 0.5) is 0 Å². The highest BCUT2D eigenvalue weighted by atomic mass is 16.7. The van der Waals surface area contributed by atoms with Gasteiger partial charge in [-0.05, 0) is 49.4 Å². The summed E-state index contributed by atoms with van der Waals surface area (Å²) in [5.41, 5.74) is 5.56. The Hall–Kier alpha value is -0.585. The Bertz CT molecular complexity index is 484. The lowest BCUT2D eigenvalue weighted by molar-refractivity contribution is -0.199. The molecule has 130 valence electrons. The Morgan fingerprint density at radius 3 is 2.61 bits per heavy atom. The molecule has 0 aromatic heterocycles. The molecule has 0 aromatic rings. The zero-order valence-electron chi connectivity index (χ0n) is 15.1. The summed E-state index contributed by atoms with van der Waals surface area (Å²) in [6.45, 7) is 11.2. The molecule has 6 heteroatoms. The second-order valence-corrected chi connectivity index (χ2v) is 8.84. The molecule has 1 unspecified atom stereocenters. The molecule has 5 atom stereocenters. The Labute approximate surface area is 140 Å². The minimum Gasteiger partial charge on any atom is -0.404 e. The Morgan fingerprint density at radius 2 is 2.04 bits per heavy atom. The summed E-state index contributed by atoms with van der Waals surface area (Å²) in [6.07, 6.45) is 3.28. The molecule has 3 aliphatic carbocycles. The van der Waals surface area contributed by atoms with Crippen LogP contribution in [-0.2, 0) is 14.1 Å². The van der Waals surface area contributed by atoms with Gasteiger partial charge in [-0.25, -0.2) is 0 Å². The van der Waals surface area contributed by atoms with E-state index < -0.39 is 0 Å². The van der Waals surface area contributed by atoms with Crippen LogP contribution < -0.4 is 11.1 Å². The summed E-state index contributed by atoms with van der Waals surface area (Å²) in [4.78, 5) is 11.8. The molecule has 3 N–H and O–H groups in total. The molecule has 0 radical (unpaired) electrons. The van der Waals surface area contributed by atoms with E-state index in [4.69, 9.17) is 15.0 Å². The van der Waals surface area contributed by atoms with Gasteiger partial charge in [-0.2, -0.15) is 0 Å². The minimum absolute atomic E-state index is 0.000256. The van der Waals surface area contributed by atoms with E-state index in [9.17, 15) is 4.79 Å². The van der Waals surface area contributed by atoms with Gasteiger partial charge in [0, 0.05) is 0 Å². The fourth-order valence-corrected chi connectivity index (χ4v) is 5.08. The summed E-state index contributed by atoms with van der Waals surface area (Å²) < 4.78 is 12.8. The van der Waals surface area contributed by atoms with Gasteiger partial charge in [0.05, 0.1) is 24.2 Å². The van der Waals surface area contributed by atoms with Crippen molar-refractivity contribution < 1.29 is 14.1 Å². The van der Waals surface area contributed by atoms with E-state index in [1.54, 1.807) is 0 Å². The molecule has 1 aliphatic heterocycles. The molecular weight excluding hydrogens is 291 g/mol. The first kappa shape index (κ1) is 17.2. The summed E-state index contributed by atoms with van der Waals surface area (Å²) in [5, 5.41) is 3.00. The van der Waals surface area contributed by atoms with Crippen LogP contribution in [-0.4, -0.2) is 37.2 Å². The minimum atomic E-state index is -0.363. The summed E-state index contributed by atoms with van der Waals surface area (Å²) in [5.74, 6) is 1.44. The third kappa shape index (κ3) is 2.73. The SMILES string of the molecule is CC(C)CC(NC(=O)CN)B1O[C@@H]2C[C@@H]3C[C@@H](C3(C)C)[C@]2(C)O1. The van der Waals surface area contributed by atoms with E-state index in [-0.39, 0.29) is 37.2 Å². The van der Waals surface area contributed by atoms with Crippen molar-refractivity contribution in [1.82, 2.24) is 5.32 Å². The van der Waals surface area contributed by atoms with Gasteiger partial charge in [-0.1, -0.05) is 27.7 Å².